The third-order valence-electron chi connectivity index (χ3n) is 3.97. The maximum absolute atomic E-state index is 5.53. The van der Waals surface area contributed by atoms with E-state index in [4.69, 9.17) is 4.74 Å². The lowest BCUT2D eigenvalue weighted by Crippen LogP contribution is -2.38. The first-order valence-electron chi connectivity index (χ1n) is 7.00. The number of pyridine rings is 1. The van der Waals surface area contributed by atoms with Gasteiger partial charge >= 0.3 is 0 Å². The second-order valence-electron chi connectivity index (χ2n) is 5.21. The lowest BCUT2D eigenvalue weighted by molar-refractivity contribution is 0.142. The molecule has 1 fully saturated rings. The molecule has 0 bridgehead atoms. The van der Waals surface area contributed by atoms with Crippen molar-refractivity contribution in [3.8, 4) is 0 Å². The summed E-state index contributed by atoms with van der Waals surface area (Å²) in [5.41, 5.74) is 1.31. The van der Waals surface area contributed by atoms with Gasteiger partial charge in [0.05, 0.1) is 6.61 Å². The Morgan fingerprint density at radius 3 is 3.21 bits per heavy atom. The minimum atomic E-state index is 0.566. The molecule has 0 saturated carbocycles. The van der Waals surface area contributed by atoms with Crippen LogP contribution in [0.25, 0.3) is 0 Å². The van der Waals surface area contributed by atoms with Crippen LogP contribution in [-0.2, 0) is 11.3 Å². The molecule has 1 atom stereocenters. The summed E-state index contributed by atoms with van der Waals surface area (Å²) in [5, 5.41) is 0. The van der Waals surface area contributed by atoms with Gasteiger partial charge in [0.2, 0.25) is 0 Å². The van der Waals surface area contributed by atoms with E-state index >= 15 is 0 Å². The van der Waals surface area contributed by atoms with Gasteiger partial charge in [0.1, 0.15) is 5.82 Å². The van der Waals surface area contributed by atoms with E-state index in [1.54, 1.807) is 0 Å². The highest BCUT2D eigenvalue weighted by Gasteiger charge is 2.27. The van der Waals surface area contributed by atoms with E-state index in [0.717, 1.165) is 51.6 Å². The lowest BCUT2D eigenvalue weighted by Gasteiger charge is -2.26. The van der Waals surface area contributed by atoms with E-state index < -0.39 is 0 Å². The van der Waals surface area contributed by atoms with Gasteiger partial charge in [-0.2, -0.15) is 0 Å². The summed E-state index contributed by atoms with van der Waals surface area (Å²) in [4.78, 5) is 9.42. The van der Waals surface area contributed by atoms with Gasteiger partial charge in [0, 0.05) is 50.6 Å². The fourth-order valence-corrected chi connectivity index (χ4v) is 2.95. The summed E-state index contributed by atoms with van der Waals surface area (Å²) < 4.78 is 5.53. The number of rotatable bonds is 3. The zero-order chi connectivity index (χ0) is 13.1. The Bertz CT molecular complexity index is 443. The maximum Gasteiger partial charge on any atom is 0.133 e. The highest BCUT2D eigenvalue weighted by Crippen LogP contribution is 2.25. The van der Waals surface area contributed by atoms with Gasteiger partial charge in [-0.05, 0) is 12.5 Å². The number of hydrogen-bond acceptors (Lipinski definition) is 4. The molecule has 0 aliphatic carbocycles. The van der Waals surface area contributed by atoms with E-state index in [1.165, 1.54) is 5.56 Å². The Balaban J connectivity index is 1.84. The number of anilines is 1. The van der Waals surface area contributed by atoms with Crippen molar-refractivity contribution in [1.82, 2.24) is 9.88 Å². The molecule has 0 unspecified atom stereocenters. The molecule has 3 rings (SSSR count). The molecule has 0 N–H and O–H groups in total. The third-order valence-corrected chi connectivity index (χ3v) is 3.97. The monoisotopic (exact) mass is 259 g/mol. The molecule has 0 radical (unpaired) electrons. The van der Waals surface area contributed by atoms with Crippen LogP contribution < -0.4 is 4.90 Å². The van der Waals surface area contributed by atoms with Crippen molar-refractivity contribution >= 4 is 5.82 Å². The summed E-state index contributed by atoms with van der Waals surface area (Å²) in [6.07, 6.45) is 4.98. The standard InChI is InChI=1S/C15H21N3O/c1-2-7-17-8-9-18(14-5-10-19-12-14)11-13-4-3-6-16-15(13)17/h2-4,6,14H,1,5,7-12H2/t14-/m1/s1. The highest BCUT2D eigenvalue weighted by molar-refractivity contribution is 5.48. The molecule has 2 aliphatic rings. The molecule has 4 nitrogen and oxygen atoms in total. The van der Waals surface area contributed by atoms with Crippen molar-refractivity contribution in [2.45, 2.75) is 19.0 Å². The van der Waals surface area contributed by atoms with Gasteiger partial charge in [-0.3, -0.25) is 4.90 Å². The zero-order valence-corrected chi connectivity index (χ0v) is 11.3. The van der Waals surface area contributed by atoms with Gasteiger partial charge in [0.25, 0.3) is 0 Å². The number of ether oxygens (including phenoxy) is 1. The summed E-state index contributed by atoms with van der Waals surface area (Å²) in [5.74, 6) is 1.11. The summed E-state index contributed by atoms with van der Waals surface area (Å²) >= 11 is 0. The van der Waals surface area contributed by atoms with Crippen LogP contribution in [0.2, 0.25) is 0 Å². The van der Waals surface area contributed by atoms with E-state index in [0.29, 0.717) is 6.04 Å². The van der Waals surface area contributed by atoms with Gasteiger partial charge in [-0.25, -0.2) is 4.98 Å². The van der Waals surface area contributed by atoms with E-state index in [-0.39, 0.29) is 0 Å². The summed E-state index contributed by atoms with van der Waals surface area (Å²) in [6, 6.07) is 4.78. The molecule has 3 heterocycles. The Hall–Kier alpha value is -1.39. The predicted octanol–water partition coefficient (Wildman–Crippen LogP) is 1.68. The second-order valence-corrected chi connectivity index (χ2v) is 5.21. The van der Waals surface area contributed by atoms with Gasteiger partial charge < -0.3 is 9.64 Å². The Morgan fingerprint density at radius 2 is 2.42 bits per heavy atom. The van der Waals surface area contributed by atoms with Crippen molar-refractivity contribution in [3.05, 3.63) is 36.5 Å². The highest BCUT2D eigenvalue weighted by atomic mass is 16.5. The first kappa shape index (κ1) is 12.6. The number of hydrogen-bond donors (Lipinski definition) is 0. The van der Waals surface area contributed by atoms with E-state index in [9.17, 15) is 0 Å². The number of nitrogens with zero attached hydrogens (tertiary/aromatic N) is 3. The van der Waals surface area contributed by atoms with Gasteiger partial charge in [0.15, 0.2) is 0 Å². The molecule has 0 aromatic carbocycles. The Morgan fingerprint density at radius 1 is 1.47 bits per heavy atom. The van der Waals surface area contributed by atoms with Crippen molar-refractivity contribution in [2.24, 2.45) is 0 Å². The molecular formula is C15H21N3O. The van der Waals surface area contributed by atoms with Crippen molar-refractivity contribution < 1.29 is 4.74 Å². The molecule has 1 aromatic rings. The molecule has 1 aromatic heterocycles. The predicted molar refractivity (Wildman–Crippen MR) is 76.3 cm³/mol. The fraction of sp³-hybridized carbons (Fsp3) is 0.533. The van der Waals surface area contributed by atoms with Crippen molar-refractivity contribution in [2.75, 3.05) is 37.7 Å². The van der Waals surface area contributed by atoms with Crippen molar-refractivity contribution in [1.29, 1.82) is 0 Å². The van der Waals surface area contributed by atoms with Crippen LogP contribution in [0.1, 0.15) is 12.0 Å². The quantitative estimate of drug-likeness (QED) is 0.772. The van der Waals surface area contributed by atoms with Crippen molar-refractivity contribution in [3.63, 3.8) is 0 Å². The van der Waals surface area contributed by atoms with Crippen LogP contribution in [0.3, 0.4) is 0 Å². The van der Waals surface area contributed by atoms with Crippen LogP contribution in [0.4, 0.5) is 5.82 Å². The maximum atomic E-state index is 5.53. The molecule has 0 amide bonds. The van der Waals surface area contributed by atoms with Gasteiger partial charge in [-0.15, -0.1) is 6.58 Å². The molecule has 102 valence electrons. The number of aromatic nitrogens is 1. The number of fused-ring (bicyclic) bond motifs is 1. The van der Waals surface area contributed by atoms with Crippen LogP contribution >= 0.6 is 0 Å². The minimum Gasteiger partial charge on any atom is -0.380 e. The smallest absolute Gasteiger partial charge is 0.133 e. The topological polar surface area (TPSA) is 28.6 Å². The average molecular weight is 259 g/mol. The normalized spacial score (nSPS) is 24.0. The van der Waals surface area contributed by atoms with Crippen LogP contribution in [-0.4, -0.2) is 48.8 Å². The SMILES string of the molecule is C=CCN1CCN([C@@H]2CCOC2)Cc2cccnc21. The third kappa shape index (κ3) is 2.65. The molecular weight excluding hydrogens is 238 g/mol. The van der Waals surface area contributed by atoms with Gasteiger partial charge in [-0.1, -0.05) is 12.1 Å². The average Bonchev–Trinajstić information content (AvgIpc) is 2.90. The van der Waals surface area contributed by atoms with Crippen LogP contribution in [0, 0.1) is 0 Å². The first-order chi connectivity index (χ1) is 9.38. The minimum absolute atomic E-state index is 0.566. The summed E-state index contributed by atoms with van der Waals surface area (Å²) in [7, 11) is 0. The molecule has 0 spiro atoms. The zero-order valence-electron chi connectivity index (χ0n) is 11.3. The molecule has 19 heavy (non-hydrogen) atoms. The van der Waals surface area contributed by atoms with E-state index in [1.807, 2.05) is 18.3 Å². The lowest BCUT2D eigenvalue weighted by atomic mass is 10.2. The second kappa shape index (κ2) is 5.72. The molecule has 4 heteroatoms. The largest absolute Gasteiger partial charge is 0.380 e. The Labute approximate surface area is 114 Å². The van der Waals surface area contributed by atoms with E-state index in [2.05, 4.69) is 27.4 Å². The fourth-order valence-electron chi connectivity index (χ4n) is 2.95. The Kier molecular flexibility index (Phi) is 3.80. The first-order valence-corrected chi connectivity index (χ1v) is 7.00. The molecule has 2 aliphatic heterocycles. The summed E-state index contributed by atoms with van der Waals surface area (Å²) in [6.45, 7) is 9.54. The van der Waals surface area contributed by atoms with Crippen LogP contribution in [0.5, 0.6) is 0 Å². The van der Waals surface area contributed by atoms with Crippen LogP contribution in [0.15, 0.2) is 31.0 Å². The molecule has 1 saturated heterocycles.